The summed E-state index contributed by atoms with van der Waals surface area (Å²) >= 11 is 0. The van der Waals surface area contributed by atoms with Gasteiger partial charge in [-0.3, -0.25) is 4.79 Å². The molecule has 0 unspecified atom stereocenters. The standard InChI is InChI=1S/C24H27N3O3/c1-15(2)22-26-24(30-27-22)20-10-6-7-16(3)21(20)25-23(28)17-11-13-19(14-12-17)29-18-8-4-5-9-18/h6-7,10-15,18H,4-5,8-9H2,1-3H3,(H,25,28). The molecule has 0 radical (unpaired) electrons. The van der Waals surface area contributed by atoms with E-state index in [2.05, 4.69) is 15.5 Å². The molecule has 1 amide bonds. The maximum absolute atomic E-state index is 12.9. The minimum Gasteiger partial charge on any atom is -0.490 e. The molecule has 4 rings (SSSR count). The minimum atomic E-state index is -0.193. The van der Waals surface area contributed by atoms with Gasteiger partial charge in [0.25, 0.3) is 11.8 Å². The van der Waals surface area contributed by atoms with E-state index in [1.54, 1.807) is 12.1 Å². The molecule has 0 spiro atoms. The second kappa shape index (κ2) is 8.69. The van der Waals surface area contributed by atoms with Gasteiger partial charge in [-0.1, -0.05) is 31.1 Å². The third kappa shape index (κ3) is 4.37. The lowest BCUT2D eigenvalue weighted by atomic mass is 10.1. The van der Waals surface area contributed by atoms with Crippen LogP contribution < -0.4 is 10.1 Å². The number of aryl methyl sites for hydroxylation is 1. The van der Waals surface area contributed by atoms with Crippen LogP contribution >= 0.6 is 0 Å². The number of amides is 1. The van der Waals surface area contributed by atoms with Crippen molar-refractivity contribution >= 4 is 11.6 Å². The third-order valence-corrected chi connectivity index (χ3v) is 5.42. The Bertz CT molecular complexity index is 1020. The van der Waals surface area contributed by atoms with Crippen LogP contribution in [0, 0.1) is 6.92 Å². The molecular formula is C24H27N3O3. The van der Waals surface area contributed by atoms with Gasteiger partial charge >= 0.3 is 0 Å². The lowest BCUT2D eigenvalue weighted by Crippen LogP contribution is -2.14. The molecule has 0 saturated heterocycles. The number of hydrogen-bond acceptors (Lipinski definition) is 5. The number of benzene rings is 2. The van der Waals surface area contributed by atoms with E-state index in [0.29, 0.717) is 34.6 Å². The van der Waals surface area contributed by atoms with E-state index < -0.39 is 0 Å². The summed E-state index contributed by atoms with van der Waals surface area (Å²) in [6.07, 6.45) is 4.95. The summed E-state index contributed by atoms with van der Waals surface area (Å²) < 4.78 is 11.4. The molecule has 6 nitrogen and oxygen atoms in total. The predicted octanol–water partition coefficient (Wildman–Crippen LogP) is 5.74. The van der Waals surface area contributed by atoms with Gasteiger partial charge in [-0.2, -0.15) is 4.98 Å². The average Bonchev–Trinajstić information content (AvgIpc) is 3.42. The Labute approximate surface area is 176 Å². The lowest BCUT2D eigenvalue weighted by molar-refractivity contribution is 0.102. The van der Waals surface area contributed by atoms with Crippen molar-refractivity contribution in [3.63, 3.8) is 0 Å². The molecule has 1 saturated carbocycles. The minimum absolute atomic E-state index is 0.162. The van der Waals surface area contributed by atoms with Crippen LogP contribution in [0.3, 0.4) is 0 Å². The average molecular weight is 405 g/mol. The molecule has 1 fully saturated rings. The van der Waals surface area contributed by atoms with Gasteiger partial charge in [0.2, 0.25) is 0 Å². The molecule has 1 aliphatic rings. The number of para-hydroxylation sites is 1. The largest absolute Gasteiger partial charge is 0.490 e. The predicted molar refractivity (Wildman–Crippen MR) is 116 cm³/mol. The van der Waals surface area contributed by atoms with Gasteiger partial charge in [-0.25, -0.2) is 0 Å². The summed E-state index contributed by atoms with van der Waals surface area (Å²) in [5.74, 6) is 1.82. The lowest BCUT2D eigenvalue weighted by Gasteiger charge is -2.14. The van der Waals surface area contributed by atoms with Crippen molar-refractivity contribution in [1.29, 1.82) is 0 Å². The monoisotopic (exact) mass is 405 g/mol. The van der Waals surface area contributed by atoms with Crippen molar-refractivity contribution in [3.05, 3.63) is 59.4 Å². The molecule has 3 aromatic rings. The van der Waals surface area contributed by atoms with Crippen LogP contribution in [0.25, 0.3) is 11.5 Å². The molecule has 0 atom stereocenters. The highest BCUT2D eigenvalue weighted by atomic mass is 16.5. The Morgan fingerprint density at radius 3 is 2.53 bits per heavy atom. The fourth-order valence-corrected chi connectivity index (χ4v) is 3.66. The van der Waals surface area contributed by atoms with Crippen LogP contribution in [0.15, 0.2) is 47.0 Å². The van der Waals surface area contributed by atoms with E-state index in [9.17, 15) is 4.79 Å². The summed E-state index contributed by atoms with van der Waals surface area (Å²) in [5.41, 5.74) is 2.87. The highest BCUT2D eigenvalue weighted by molar-refractivity contribution is 6.06. The summed E-state index contributed by atoms with van der Waals surface area (Å²) in [7, 11) is 0. The fraction of sp³-hybridized carbons (Fsp3) is 0.375. The SMILES string of the molecule is Cc1cccc(-c2nc(C(C)C)no2)c1NC(=O)c1ccc(OC2CCCC2)cc1. The highest BCUT2D eigenvalue weighted by Crippen LogP contribution is 2.31. The van der Waals surface area contributed by atoms with Crippen LogP contribution in [-0.4, -0.2) is 22.2 Å². The van der Waals surface area contributed by atoms with Crippen LogP contribution in [0.4, 0.5) is 5.69 Å². The quantitative estimate of drug-likeness (QED) is 0.566. The summed E-state index contributed by atoms with van der Waals surface area (Å²) in [4.78, 5) is 17.4. The molecule has 156 valence electrons. The number of nitrogens with zero attached hydrogens (tertiary/aromatic N) is 2. The van der Waals surface area contributed by atoms with Gasteiger partial charge in [0.05, 0.1) is 17.4 Å². The Morgan fingerprint density at radius 1 is 1.13 bits per heavy atom. The number of anilines is 1. The van der Waals surface area contributed by atoms with Gasteiger partial charge in [-0.15, -0.1) is 0 Å². The second-order valence-corrected chi connectivity index (χ2v) is 8.11. The number of rotatable bonds is 6. The fourth-order valence-electron chi connectivity index (χ4n) is 3.66. The van der Waals surface area contributed by atoms with E-state index in [4.69, 9.17) is 9.26 Å². The van der Waals surface area contributed by atoms with E-state index in [0.717, 1.165) is 24.2 Å². The van der Waals surface area contributed by atoms with Crippen molar-refractivity contribution in [1.82, 2.24) is 10.1 Å². The molecule has 1 N–H and O–H groups in total. The molecule has 0 aliphatic heterocycles. The molecule has 1 aromatic heterocycles. The first kappa shape index (κ1) is 20.1. The molecule has 1 heterocycles. The van der Waals surface area contributed by atoms with Gasteiger partial charge in [0.1, 0.15) is 5.75 Å². The maximum atomic E-state index is 12.9. The first-order valence-electron chi connectivity index (χ1n) is 10.5. The molecule has 0 bridgehead atoms. The first-order chi connectivity index (χ1) is 14.5. The van der Waals surface area contributed by atoms with Gasteiger partial charge in [-0.05, 0) is 68.5 Å². The Morgan fingerprint density at radius 2 is 1.87 bits per heavy atom. The zero-order chi connectivity index (χ0) is 21.1. The van der Waals surface area contributed by atoms with E-state index in [1.807, 2.05) is 51.1 Å². The van der Waals surface area contributed by atoms with Gasteiger partial charge in [0, 0.05) is 11.5 Å². The van der Waals surface area contributed by atoms with Crippen molar-refractivity contribution < 1.29 is 14.1 Å². The molecule has 2 aromatic carbocycles. The van der Waals surface area contributed by atoms with Crippen molar-refractivity contribution in [2.24, 2.45) is 0 Å². The Hall–Kier alpha value is -3.15. The molecule has 30 heavy (non-hydrogen) atoms. The van der Waals surface area contributed by atoms with E-state index >= 15 is 0 Å². The van der Waals surface area contributed by atoms with Gasteiger partial charge in [0.15, 0.2) is 5.82 Å². The smallest absolute Gasteiger partial charge is 0.260 e. The van der Waals surface area contributed by atoms with Gasteiger partial charge < -0.3 is 14.6 Å². The number of aromatic nitrogens is 2. The third-order valence-electron chi connectivity index (χ3n) is 5.42. The van der Waals surface area contributed by atoms with E-state index in [-0.39, 0.29) is 11.8 Å². The van der Waals surface area contributed by atoms with Crippen LogP contribution in [-0.2, 0) is 0 Å². The maximum Gasteiger partial charge on any atom is 0.260 e. The summed E-state index contributed by atoms with van der Waals surface area (Å²) in [6, 6.07) is 13.0. The number of carbonyl (C=O) groups is 1. The highest BCUT2D eigenvalue weighted by Gasteiger charge is 2.19. The Kier molecular flexibility index (Phi) is 5.84. The number of nitrogens with one attached hydrogen (secondary N) is 1. The number of hydrogen-bond donors (Lipinski definition) is 1. The zero-order valence-corrected chi connectivity index (χ0v) is 17.6. The van der Waals surface area contributed by atoms with Crippen LogP contribution in [0.2, 0.25) is 0 Å². The zero-order valence-electron chi connectivity index (χ0n) is 17.6. The normalized spacial score (nSPS) is 14.3. The van der Waals surface area contributed by atoms with Crippen molar-refractivity contribution in [2.75, 3.05) is 5.32 Å². The van der Waals surface area contributed by atoms with Crippen molar-refractivity contribution in [2.45, 2.75) is 58.5 Å². The van der Waals surface area contributed by atoms with Crippen LogP contribution in [0.1, 0.15) is 67.2 Å². The second-order valence-electron chi connectivity index (χ2n) is 8.11. The van der Waals surface area contributed by atoms with E-state index in [1.165, 1.54) is 12.8 Å². The summed E-state index contributed by atoms with van der Waals surface area (Å²) in [5, 5.41) is 7.06. The Balaban J connectivity index is 1.52. The number of ether oxygens (including phenoxy) is 1. The van der Waals surface area contributed by atoms with Crippen molar-refractivity contribution in [3.8, 4) is 17.2 Å². The van der Waals surface area contributed by atoms with Crippen LogP contribution in [0.5, 0.6) is 5.75 Å². The topological polar surface area (TPSA) is 77.3 Å². The summed E-state index contributed by atoms with van der Waals surface area (Å²) in [6.45, 7) is 5.96. The number of carbonyl (C=O) groups excluding carboxylic acids is 1. The molecule has 6 heteroatoms. The first-order valence-corrected chi connectivity index (χ1v) is 10.5. The molecule has 1 aliphatic carbocycles. The molecular weight excluding hydrogens is 378 g/mol.